The second-order valence-corrected chi connectivity index (χ2v) is 2.70. The highest BCUT2D eigenvalue weighted by Gasteiger charge is 2.18. The molecule has 0 aromatic rings. The maximum Gasteiger partial charge on any atom is 0.322 e. The molecule has 56 valence electrons. The largest absolute Gasteiger partial charge is 0.362 e. The molecule has 10 heavy (non-hydrogen) atoms. The van der Waals surface area contributed by atoms with Crippen LogP contribution in [0.3, 0.4) is 0 Å². The second-order valence-electron chi connectivity index (χ2n) is 1.99. The lowest BCUT2D eigenvalue weighted by molar-refractivity contribution is 0.240. The SMILES string of the molecule is O=C(Cl)N1CCCNC1=S. The minimum absolute atomic E-state index is 0.436. The van der Waals surface area contributed by atoms with Gasteiger partial charge in [-0.1, -0.05) is 0 Å². The summed E-state index contributed by atoms with van der Waals surface area (Å²) in [5, 5.41) is 2.80. The normalized spacial score (nSPS) is 18.5. The van der Waals surface area contributed by atoms with E-state index in [4.69, 9.17) is 23.8 Å². The zero-order valence-electron chi connectivity index (χ0n) is 5.26. The molecule has 1 aliphatic rings. The number of amides is 1. The number of hydrogen-bond acceptors (Lipinski definition) is 2. The molecule has 0 bridgehead atoms. The van der Waals surface area contributed by atoms with Crippen molar-refractivity contribution in [3.8, 4) is 0 Å². The Labute approximate surface area is 69.3 Å². The van der Waals surface area contributed by atoms with Crippen molar-refractivity contribution < 1.29 is 4.79 Å². The summed E-state index contributed by atoms with van der Waals surface area (Å²) in [5.41, 5.74) is 0. The van der Waals surface area contributed by atoms with E-state index in [0.717, 1.165) is 13.0 Å². The standard InChI is InChI=1S/C5H7ClN2OS/c6-4(9)8-3-1-2-7-5(8)10/h1-3H2,(H,7,10). The number of nitrogens with zero attached hydrogens (tertiary/aromatic N) is 1. The van der Waals surface area contributed by atoms with Gasteiger partial charge in [0.25, 0.3) is 0 Å². The molecule has 5 heteroatoms. The van der Waals surface area contributed by atoms with Crippen molar-refractivity contribution in [3.05, 3.63) is 0 Å². The van der Waals surface area contributed by atoms with E-state index in [2.05, 4.69) is 5.32 Å². The summed E-state index contributed by atoms with van der Waals surface area (Å²) in [7, 11) is 0. The molecule has 1 saturated heterocycles. The van der Waals surface area contributed by atoms with Crippen LogP contribution in [0.1, 0.15) is 6.42 Å². The number of rotatable bonds is 0. The molecule has 0 unspecified atom stereocenters. The van der Waals surface area contributed by atoms with Gasteiger partial charge in [-0.2, -0.15) is 0 Å². The van der Waals surface area contributed by atoms with Gasteiger partial charge < -0.3 is 5.32 Å². The van der Waals surface area contributed by atoms with E-state index in [-0.39, 0.29) is 0 Å². The molecular formula is C5H7ClN2OS. The quantitative estimate of drug-likeness (QED) is 0.340. The van der Waals surface area contributed by atoms with Crippen molar-refractivity contribution in [2.24, 2.45) is 0 Å². The highest BCUT2D eigenvalue weighted by molar-refractivity contribution is 7.80. The summed E-state index contributed by atoms with van der Waals surface area (Å²) >= 11 is 10.0. The first-order valence-corrected chi connectivity index (χ1v) is 3.75. The van der Waals surface area contributed by atoms with E-state index < -0.39 is 5.37 Å². The highest BCUT2D eigenvalue weighted by atomic mass is 35.5. The van der Waals surface area contributed by atoms with Crippen LogP contribution in [0.25, 0.3) is 0 Å². The van der Waals surface area contributed by atoms with Crippen molar-refractivity contribution in [1.29, 1.82) is 0 Å². The molecule has 0 aromatic carbocycles. The maximum absolute atomic E-state index is 10.6. The van der Waals surface area contributed by atoms with Gasteiger partial charge in [-0.05, 0) is 30.2 Å². The van der Waals surface area contributed by atoms with Gasteiger partial charge in [-0.25, -0.2) is 0 Å². The first kappa shape index (κ1) is 7.75. The zero-order valence-corrected chi connectivity index (χ0v) is 6.84. The highest BCUT2D eigenvalue weighted by Crippen LogP contribution is 2.02. The van der Waals surface area contributed by atoms with Gasteiger partial charge in [0.1, 0.15) is 0 Å². The van der Waals surface area contributed by atoms with Crippen molar-refractivity contribution in [2.45, 2.75) is 6.42 Å². The molecule has 1 aliphatic heterocycles. The van der Waals surface area contributed by atoms with Crippen LogP contribution in [0, 0.1) is 0 Å². The van der Waals surface area contributed by atoms with Crippen LogP contribution in [0.4, 0.5) is 4.79 Å². The number of thiocarbonyl (C=S) groups is 1. The van der Waals surface area contributed by atoms with E-state index in [0.29, 0.717) is 11.7 Å². The van der Waals surface area contributed by atoms with E-state index in [1.165, 1.54) is 4.90 Å². The third-order valence-electron chi connectivity index (χ3n) is 1.29. The molecule has 0 spiro atoms. The number of nitrogens with one attached hydrogen (secondary N) is 1. The predicted octanol–water partition coefficient (Wildman–Crippen LogP) is 0.925. The fourth-order valence-electron chi connectivity index (χ4n) is 0.797. The Bertz CT molecular complexity index is 173. The first-order chi connectivity index (χ1) is 4.72. The monoisotopic (exact) mass is 178 g/mol. The van der Waals surface area contributed by atoms with Gasteiger partial charge in [0.05, 0.1) is 0 Å². The van der Waals surface area contributed by atoms with Crippen molar-refractivity contribution in [2.75, 3.05) is 13.1 Å². The predicted molar refractivity (Wildman–Crippen MR) is 43.2 cm³/mol. The third kappa shape index (κ3) is 1.58. The molecule has 0 saturated carbocycles. The van der Waals surface area contributed by atoms with Crippen LogP contribution in [0.2, 0.25) is 0 Å². The van der Waals surface area contributed by atoms with Gasteiger partial charge >= 0.3 is 5.37 Å². The fraction of sp³-hybridized carbons (Fsp3) is 0.600. The zero-order chi connectivity index (χ0) is 7.56. The average Bonchev–Trinajstić information content (AvgIpc) is 1.88. The minimum Gasteiger partial charge on any atom is -0.362 e. The summed E-state index contributed by atoms with van der Waals surface area (Å²) in [6, 6.07) is 0. The van der Waals surface area contributed by atoms with E-state index in [9.17, 15) is 4.79 Å². The van der Waals surface area contributed by atoms with Crippen LogP contribution in [-0.4, -0.2) is 28.5 Å². The van der Waals surface area contributed by atoms with E-state index >= 15 is 0 Å². The van der Waals surface area contributed by atoms with Gasteiger partial charge in [0.2, 0.25) is 0 Å². The Morgan fingerprint density at radius 3 is 2.90 bits per heavy atom. The molecule has 1 amide bonds. The smallest absolute Gasteiger partial charge is 0.322 e. The lowest BCUT2D eigenvalue weighted by atomic mass is 10.3. The topological polar surface area (TPSA) is 32.3 Å². The Kier molecular flexibility index (Phi) is 2.45. The summed E-state index contributed by atoms with van der Waals surface area (Å²) in [6.07, 6.45) is 0.901. The molecule has 1 rings (SSSR count). The molecular weight excluding hydrogens is 172 g/mol. The Hall–Kier alpha value is -0.350. The van der Waals surface area contributed by atoms with Crippen LogP contribution >= 0.6 is 23.8 Å². The molecule has 1 heterocycles. The third-order valence-corrected chi connectivity index (χ3v) is 1.86. The van der Waals surface area contributed by atoms with Crippen molar-refractivity contribution >= 4 is 34.3 Å². The van der Waals surface area contributed by atoms with Gasteiger partial charge in [0.15, 0.2) is 5.11 Å². The lowest BCUT2D eigenvalue weighted by Gasteiger charge is -2.25. The molecule has 0 radical (unpaired) electrons. The molecule has 0 aliphatic carbocycles. The van der Waals surface area contributed by atoms with Crippen LogP contribution in [0.15, 0.2) is 0 Å². The molecule has 1 N–H and O–H groups in total. The van der Waals surface area contributed by atoms with E-state index in [1.54, 1.807) is 0 Å². The molecule has 0 aromatic heterocycles. The summed E-state index contributed by atoms with van der Waals surface area (Å²) in [4.78, 5) is 11.9. The minimum atomic E-state index is -0.503. The maximum atomic E-state index is 10.6. The van der Waals surface area contributed by atoms with Crippen LogP contribution in [-0.2, 0) is 0 Å². The summed E-state index contributed by atoms with van der Waals surface area (Å²) in [6.45, 7) is 1.47. The van der Waals surface area contributed by atoms with Crippen LogP contribution in [0.5, 0.6) is 0 Å². The average molecular weight is 179 g/mol. The number of carbonyl (C=O) groups excluding carboxylic acids is 1. The van der Waals surface area contributed by atoms with E-state index in [1.807, 2.05) is 0 Å². The molecule has 0 atom stereocenters. The number of carbonyl (C=O) groups is 1. The lowest BCUT2D eigenvalue weighted by Crippen LogP contribution is -2.47. The summed E-state index contributed by atoms with van der Waals surface area (Å²) in [5.74, 6) is 0. The number of halogens is 1. The van der Waals surface area contributed by atoms with Crippen molar-refractivity contribution in [1.82, 2.24) is 10.2 Å². The molecule has 1 fully saturated rings. The second kappa shape index (κ2) is 3.16. The van der Waals surface area contributed by atoms with Gasteiger partial charge in [0, 0.05) is 13.1 Å². The first-order valence-electron chi connectivity index (χ1n) is 2.96. The Morgan fingerprint density at radius 1 is 1.80 bits per heavy atom. The Balaban J connectivity index is 2.56. The Morgan fingerprint density at radius 2 is 2.50 bits per heavy atom. The number of hydrogen-bond donors (Lipinski definition) is 1. The van der Waals surface area contributed by atoms with Crippen molar-refractivity contribution in [3.63, 3.8) is 0 Å². The molecule has 3 nitrogen and oxygen atoms in total. The fourth-order valence-corrected chi connectivity index (χ4v) is 1.29. The van der Waals surface area contributed by atoms with Gasteiger partial charge in [-0.15, -0.1) is 0 Å². The van der Waals surface area contributed by atoms with Gasteiger partial charge in [-0.3, -0.25) is 9.69 Å². The summed E-state index contributed by atoms with van der Waals surface area (Å²) < 4.78 is 0. The van der Waals surface area contributed by atoms with Crippen LogP contribution < -0.4 is 5.32 Å².